The number of hydrogen-bond donors (Lipinski definition) is 1. The topological polar surface area (TPSA) is 55.4 Å². The zero-order valence-corrected chi connectivity index (χ0v) is 13.5. The van der Waals surface area contributed by atoms with E-state index in [2.05, 4.69) is 19.2 Å². The quantitative estimate of drug-likeness (QED) is 0.801. The van der Waals surface area contributed by atoms with Gasteiger partial charge in [-0.2, -0.15) is 0 Å². The number of rotatable bonds is 8. The summed E-state index contributed by atoms with van der Waals surface area (Å²) in [6.07, 6.45) is 2.19. The summed E-state index contributed by atoms with van der Waals surface area (Å²) in [6, 6.07) is 7.36. The lowest BCUT2D eigenvalue weighted by molar-refractivity contribution is 0.170. The number of sulfone groups is 1. The Morgan fingerprint density at radius 3 is 2.30 bits per heavy atom. The highest BCUT2D eigenvalue weighted by atomic mass is 32.2. The van der Waals surface area contributed by atoms with Crippen LogP contribution in [0.4, 0.5) is 0 Å². The average Bonchev–Trinajstić information content (AvgIpc) is 2.41. The number of nitrogens with one attached hydrogen (secondary N) is 1. The van der Waals surface area contributed by atoms with Crippen molar-refractivity contribution >= 4 is 9.84 Å². The highest BCUT2D eigenvalue weighted by molar-refractivity contribution is 7.90. The van der Waals surface area contributed by atoms with Crippen LogP contribution in [-0.2, 0) is 14.6 Å². The molecule has 2 unspecified atom stereocenters. The molecule has 2 atom stereocenters. The number of methoxy groups -OCH3 is 1. The van der Waals surface area contributed by atoms with Gasteiger partial charge in [-0.05, 0) is 36.6 Å². The van der Waals surface area contributed by atoms with Crippen LogP contribution < -0.4 is 5.32 Å². The molecule has 1 aromatic rings. The maximum atomic E-state index is 11.5. The van der Waals surface area contributed by atoms with Crippen LogP contribution in [0.15, 0.2) is 29.2 Å². The molecule has 4 nitrogen and oxygen atoms in total. The third-order valence-electron chi connectivity index (χ3n) is 3.44. The zero-order chi connectivity index (χ0) is 15.2. The Morgan fingerprint density at radius 1 is 1.25 bits per heavy atom. The Labute approximate surface area is 122 Å². The molecular formula is C15H25NO3S. The van der Waals surface area contributed by atoms with Crippen LogP contribution in [-0.4, -0.2) is 34.9 Å². The van der Waals surface area contributed by atoms with Crippen molar-refractivity contribution in [2.75, 3.05) is 26.5 Å². The van der Waals surface area contributed by atoms with Crippen molar-refractivity contribution in [1.29, 1.82) is 0 Å². The van der Waals surface area contributed by atoms with Gasteiger partial charge in [-0.25, -0.2) is 8.42 Å². The molecule has 0 radical (unpaired) electrons. The highest BCUT2D eigenvalue weighted by Crippen LogP contribution is 2.25. The van der Waals surface area contributed by atoms with Gasteiger partial charge in [0.1, 0.15) is 0 Å². The normalized spacial score (nSPS) is 15.0. The van der Waals surface area contributed by atoms with Crippen LogP contribution >= 0.6 is 0 Å². The fourth-order valence-corrected chi connectivity index (χ4v) is 2.89. The number of ether oxygens (including phenoxy) is 1. The van der Waals surface area contributed by atoms with Crippen LogP contribution in [0.2, 0.25) is 0 Å². The van der Waals surface area contributed by atoms with Crippen LogP contribution in [0, 0.1) is 5.92 Å². The molecule has 0 bridgehead atoms. The van der Waals surface area contributed by atoms with Crippen molar-refractivity contribution in [2.45, 2.75) is 31.2 Å². The van der Waals surface area contributed by atoms with E-state index in [1.807, 2.05) is 12.1 Å². The third-order valence-corrected chi connectivity index (χ3v) is 4.57. The first-order valence-electron chi connectivity index (χ1n) is 6.92. The molecule has 0 saturated carbocycles. The molecule has 0 spiro atoms. The summed E-state index contributed by atoms with van der Waals surface area (Å²) in [6.45, 7) is 5.85. The molecular weight excluding hydrogens is 274 g/mol. The molecule has 0 fully saturated rings. The monoisotopic (exact) mass is 299 g/mol. The van der Waals surface area contributed by atoms with Crippen LogP contribution in [0.1, 0.15) is 31.9 Å². The van der Waals surface area contributed by atoms with E-state index in [0.717, 1.165) is 25.1 Å². The molecule has 1 aromatic carbocycles. The predicted molar refractivity (Wildman–Crippen MR) is 81.6 cm³/mol. The van der Waals surface area contributed by atoms with Gasteiger partial charge in [-0.15, -0.1) is 0 Å². The molecule has 20 heavy (non-hydrogen) atoms. The van der Waals surface area contributed by atoms with Gasteiger partial charge in [0, 0.05) is 26.0 Å². The molecule has 0 aliphatic rings. The Balaban J connectivity index is 2.92. The summed E-state index contributed by atoms with van der Waals surface area (Å²) in [7, 11) is -1.43. The first-order valence-corrected chi connectivity index (χ1v) is 8.81. The van der Waals surface area contributed by atoms with Gasteiger partial charge < -0.3 is 10.1 Å². The van der Waals surface area contributed by atoms with Crippen molar-refractivity contribution < 1.29 is 13.2 Å². The minimum absolute atomic E-state index is 0.212. The Hall–Kier alpha value is -0.910. The fraction of sp³-hybridized carbons (Fsp3) is 0.600. The Bertz CT molecular complexity index is 496. The van der Waals surface area contributed by atoms with Crippen molar-refractivity contribution in [3.05, 3.63) is 29.8 Å². The summed E-state index contributed by atoms with van der Waals surface area (Å²) in [5, 5.41) is 3.46. The van der Waals surface area contributed by atoms with Crippen molar-refractivity contribution in [1.82, 2.24) is 5.32 Å². The largest absolute Gasteiger partial charge is 0.385 e. The molecule has 0 aromatic heterocycles. The summed E-state index contributed by atoms with van der Waals surface area (Å²) < 4.78 is 28.1. The summed E-state index contributed by atoms with van der Waals surface area (Å²) in [4.78, 5) is 0.362. The Kier molecular flexibility index (Phi) is 6.65. The lowest BCUT2D eigenvalue weighted by atomic mass is 9.92. The van der Waals surface area contributed by atoms with Crippen molar-refractivity contribution in [3.63, 3.8) is 0 Å². The molecule has 0 aliphatic carbocycles. The lowest BCUT2D eigenvalue weighted by Gasteiger charge is -2.25. The second kappa shape index (κ2) is 7.76. The van der Waals surface area contributed by atoms with Gasteiger partial charge in [0.15, 0.2) is 9.84 Å². The van der Waals surface area contributed by atoms with Crippen LogP contribution in [0.25, 0.3) is 0 Å². The first kappa shape index (κ1) is 17.1. The molecule has 0 saturated heterocycles. The predicted octanol–water partition coefficient (Wildman–Crippen LogP) is 2.41. The maximum Gasteiger partial charge on any atom is 0.175 e. The van der Waals surface area contributed by atoms with E-state index in [0.29, 0.717) is 10.8 Å². The van der Waals surface area contributed by atoms with Gasteiger partial charge in [0.05, 0.1) is 4.90 Å². The standard InChI is InChI=1S/C15H25NO3S/c1-5-16-15(12(2)10-11-19-3)13-6-8-14(9-7-13)20(4,17)18/h6-9,12,15-16H,5,10-11H2,1-4H3. The highest BCUT2D eigenvalue weighted by Gasteiger charge is 2.18. The Morgan fingerprint density at radius 2 is 1.85 bits per heavy atom. The molecule has 0 aliphatic heterocycles. The average molecular weight is 299 g/mol. The zero-order valence-electron chi connectivity index (χ0n) is 12.7. The number of benzene rings is 1. The smallest absolute Gasteiger partial charge is 0.175 e. The van der Waals surface area contributed by atoms with E-state index in [-0.39, 0.29) is 6.04 Å². The van der Waals surface area contributed by atoms with E-state index < -0.39 is 9.84 Å². The molecule has 0 amide bonds. The second-order valence-corrected chi connectivity index (χ2v) is 7.15. The van der Waals surface area contributed by atoms with E-state index in [1.54, 1.807) is 19.2 Å². The second-order valence-electron chi connectivity index (χ2n) is 5.14. The van der Waals surface area contributed by atoms with Gasteiger partial charge in [0.25, 0.3) is 0 Å². The van der Waals surface area contributed by atoms with Gasteiger partial charge in [-0.1, -0.05) is 26.0 Å². The van der Waals surface area contributed by atoms with Crippen molar-refractivity contribution in [2.24, 2.45) is 5.92 Å². The summed E-state index contributed by atoms with van der Waals surface area (Å²) >= 11 is 0. The SMILES string of the molecule is CCNC(c1ccc(S(C)(=O)=O)cc1)C(C)CCOC. The minimum atomic E-state index is -3.13. The maximum absolute atomic E-state index is 11.5. The molecule has 114 valence electrons. The minimum Gasteiger partial charge on any atom is -0.385 e. The van der Waals surface area contributed by atoms with Crippen molar-refractivity contribution in [3.8, 4) is 0 Å². The summed E-state index contributed by atoms with van der Waals surface area (Å²) in [5.74, 6) is 0.416. The summed E-state index contributed by atoms with van der Waals surface area (Å²) in [5.41, 5.74) is 1.11. The van der Waals surface area contributed by atoms with Crippen LogP contribution in [0.3, 0.4) is 0 Å². The van der Waals surface area contributed by atoms with E-state index in [4.69, 9.17) is 4.74 Å². The molecule has 5 heteroatoms. The fourth-order valence-electron chi connectivity index (χ4n) is 2.26. The van der Waals surface area contributed by atoms with E-state index >= 15 is 0 Å². The molecule has 1 rings (SSSR count). The lowest BCUT2D eigenvalue weighted by Crippen LogP contribution is -2.27. The van der Waals surface area contributed by atoms with Gasteiger partial charge in [0.2, 0.25) is 0 Å². The van der Waals surface area contributed by atoms with E-state index in [9.17, 15) is 8.42 Å². The van der Waals surface area contributed by atoms with Gasteiger partial charge >= 0.3 is 0 Å². The third kappa shape index (κ3) is 4.89. The van der Waals surface area contributed by atoms with Crippen LogP contribution in [0.5, 0.6) is 0 Å². The molecule has 1 N–H and O–H groups in total. The number of hydrogen-bond acceptors (Lipinski definition) is 4. The first-order chi connectivity index (χ1) is 9.40. The van der Waals surface area contributed by atoms with Gasteiger partial charge in [-0.3, -0.25) is 0 Å². The van der Waals surface area contributed by atoms with E-state index in [1.165, 1.54) is 6.26 Å². The molecule has 0 heterocycles.